The molecule has 8 heteroatoms. The van der Waals surface area contributed by atoms with E-state index < -0.39 is 10.0 Å². The molecule has 0 aromatic carbocycles. The summed E-state index contributed by atoms with van der Waals surface area (Å²) in [6.07, 6.45) is 0. The molecular weight excluding hydrogens is 386 g/mol. The first-order valence-corrected chi connectivity index (χ1v) is 9.38. The molecule has 0 saturated heterocycles. The second-order valence-corrected chi connectivity index (χ2v) is 8.13. The van der Waals surface area contributed by atoms with E-state index in [1.54, 1.807) is 7.05 Å². The number of furan rings is 1. The van der Waals surface area contributed by atoms with E-state index in [0.717, 1.165) is 4.88 Å². The Morgan fingerprint density at radius 2 is 2.25 bits per heavy atom. The molecule has 0 amide bonds. The first-order valence-electron chi connectivity index (χ1n) is 5.73. The third kappa shape index (κ3) is 2.96. The number of nitrogens with zero attached hydrogens (tertiary/aromatic N) is 1. The lowest BCUT2D eigenvalue weighted by Gasteiger charge is -2.22. The van der Waals surface area contributed by atoms with Crippen molar-refractivity contribution in [1.29, 1.82) is 0 Å². The van der Waals surface area contributed by atoms with Crippen LogP contribution in [-0.2, 0) is 15.9 Å². The van der Waals surface area contributed by atoms with Crippen molar-refractivity contribution in [3.05, 3.63) is 38.9 Å². The Morgan fingerprint density at radius 3 is 2.75 bits per heavy atom. The van der Waals surface area contributed by atoms with Crippen LogP contribution < -0.4 is 0 Å². The maximum atomic E-state index is 12.6. The number of alkyl halides is 1. The molecule has 1 unspecified atom stereocenters. The topological polar surface area (TPSA) is 50.5 Å². The Bertz CT molecular complexity index is 682. The molecule has 0 aliphatic carbocycles. The van der Waals surface area contributed by atoms with Gasteiger partial charge in [0.25, 0.3) is 0 Å². The van der Waals surface area contributed by atoms with Crippen LogP contribution in [0.3, 0.4) is 0 Å². The van der Waals surface area contributed by atoms with Crippen LogP contribution in [0.25, 0.3) is 0 Å². The summed E-state index contributed by atoms with van der Waals surface area (Å²) in [5.41, 5.74) is 0. The minimum absolute atomic E-state index is 0.0963. The van der Waals surface area contributed by atoms with Gasteiger partial charge in [-0.15, -0.1) is 22.9 Å². The summed E-state index contributed by atoms with van der Waals surface area (Å²) in [4.78, 5) is 1.08. The molecular formula is C12H13BrClNO3S2. The third-order valence-electron chi connectivity index (χ3n) is 3.00. The van der Waals surface area contributed by atoms with Crippen LogP contribution >= 0.6 is 38.9 Å². The molecule has 0 spiro atoms. The van der Waals surface area contributed by atoms with Gasteiger partial charge < -0.3 is 4.42 Å². The maximum Gasteiger partial charge on any atom is 0.247 e. The second kappa shape index (κ2) is 6.19. The standard InChI is InChI=1S/C12H13BrClNO3S2/c1-8(10-4-3-5-19-10)15(2)20(16,17)11-6-9(7-14)18-12(11)13/h3-6,8H,7H2,1-2H3. The quantitative estimate of drug-likeness (QED) is 0.708. The van der Waals surface area contributed by atoms with Crippen molar-refractivity contribution in [3.63, 3.8) is 0 Å². The fraction of sp³-hybridized carbons (Fsp3) is 0.333. The van der Waals surface area contributed by atoms with Gasteiger partial charge >= 0.3 is 0 Å². The molecule has 0 bridgehead atoms. The largest absolute Gasteiger partial charge is 0.452 e. The predicted octanol–water partition coefficient (Wildman–Crippen LogP) is 4.22. The smallest absolute Gasteiger partial charge is 0.247 e. The van der Waals surface area contributed by atoms with Gasteiger partial charge in [0.05, 0.1) is 11.9 Å². The van der Waals surface area contributed by atoms with E-state index in [2.05, 4.69) is 15.9 Å². The summed E-state index contributed by atoms with van der Waals surface area (Å²) in [7, 11) is -2.09. The van der Waals surface area contributed by atoms with E-state index in [9.17, 15) is 8.42 Å². The summed E-state index contributed by atoms with van der Waals surface area (Å²) in [6.45, 7) is 1.85. The highest BCUT2D eigenvalue weighted by Crippen LogP contribution is 2.33. The van der Waals surface area contributed by atoms with E-state index in [4.69, 9.17) is 16.0 Å². The summed E-state index contributed by atoms with van der Waals surface area (Å²) in [6, 6.07) is 5.01. The van der Waals surface area contributed by atoms with Crippen molar-refractivity contribution in [2.45, 2.75) is 23.7 Å². The van der Waals surface area contributed by atoms with Crippen LogP contribution in [0.4, 0.5) is 0 Å². The molecule has 0 aliphatic rings. The highest BCUT2D eigenvalue weighted by atomic mass is 79.9. The highest BCUT2D eigenvalue weighted by molar-refractivity contribution is 9.10. The predicted molar refractivity (Wildman–Crippen MR) is 83.6 cm³/mol. The van der Waals surface area contributed by atoms with Crippen molar-refractivity contribution in [1.82, 2.24) is 4.31 Å². The van der Waals surface area contributed by atoms with E-state index in [1.165, 1.54) is 21.7 Å². The number of halogens is 2. The van der Waals surface area contributed by atoms with Gasteiger partial charge in [-0.05, 0) is 34.3 Å². The van der Waals surface area contributed by atoms with Crippen LogP contribution in [0.2, 0.25) is 0 Å². The van der Waals surface area contributed by atoms with E-state index >= 15 is 0 Å². The van der Waals surface area contributed by atoms with Gasteiger partial charge in [-0.1, -0.05) is 6.07 Å². The van der Waals surface area contributed by atoms with Gasteiger partial charge in [-0.25, -0.2) is 8.42 Å². The molecule has 2 aromatic heterocycles. The lowest BCUT2D eigenvalue weighted by molar-refractivity contribution is 0.401. The molecule has 2 rings (SSSR count). The van der Waals surface area contributed by atoms with Gasteiger partial charge in [0, 0.05) is 18.0 Å². The second-order valence-electron chi connectivity index (χ2n) is 4.20. The number of sulfonamides is 1. The minimum atomic E-state index is -3.64. The van der Waals surface area contributed by atoms with Gasteiger partial charge in [0.1, 0.15) is 10.7 Å². The lowest BCUT2D eigenvalue weighted by atomic mass is 10.3. The average molecular weight is 399 g/mol. The Hall–Kier alpha value is -0.340. The molecule has 0 radical (unpaired) electrons. The Kier molecular flexibility index (Phi) is 4.96. The number of hydrogen-bond donors (Lipinski definition) is 0. The monoisotopic (exact) mass is 397 g/mol. The average Bonchev–Trinajstić information content (AvgIpc) is 3.05. The summed E-state index contributed by atoms with van der Waals surface area (Å²) < 4.78 is 32.0. The van der Waals surface area contributed by atoms with Crippen LogP contribution in [0.15, 0.2) is 37.6 Å². The zero-order valence-corrected chi connectivity index (χ0v) is 14.8. The summed E-state index contributed by atoms with van der Waals surface area (Å²) in [5, 5.41) is 1.92. The van der Waals surface area contributed by atoms with E-state index in [1.807, 2.05) is 24.4 Å². The van der Waals surface area contributed by atoms with Gasteiger partial charge in [-0.3, -0.25) is 0 Å². The third-order valence-corrected chi connectivity index (χ3v) is 7.09. The van der Waals surface area contributed by atoms with E-state index in [0.29, 0.717) is 5.76 Å². The molecule has 20 heavy (non-hydrogen) atoms. The molecule has 4 nitrogen and oxygen atoms in total. The fourth-order valence-corrected chi connectivity index (χ4v) is 5.04. The molecule has 0 saturated carbocycles. The van der Waals surface area contributed by atoms with Crippen LogP contribution in [0.1, 0.15) is 23.6 Å². The van der Waals surface area contributed by atoms with Crippen LogP contribution in [-0.4, -0.2) is 19.8 Å². The fourth-order valence-electron chi connectivity index (χ4n) is 1.71. The first kappa shape index (κ1) is 16.0. The summed E-state index contributed by atoms with van der Waals surface area (Å²) >= 11 is 10.3. The minimum Gasteiger partial charge on any atom is -0.452 e. The van der Waals surface area contributed by atoms with Gasteiger partial charge in [0.15, 0.2) is 4.67 Å². The normalized spacial score (nSPS) is 13.8. The number of hydrogen-bond acceptors (Lipinski definition) is 4. The first-order chi connectivity index (χ1) is 9.37. The van der Waals surface area contributed by atoms with Gasteiger partial charge in [-0.2, -0.15) is 4.31 Å². The van der Waals surface area contributed by atoms with Crippen molar-refractivity contribution in [3.8, 4) is 0 Å². The SMILES string of the molecule is CC(c1cccs1)N(C)S(=O)(=O)c1cc(CCl)oc1Br. The van der Waals surface area contributed by atoms with Crippen molar-refractivity contribution < 1.29 is 12.8 Å². The van der Waals surface area contributed by atoms with Crippen molar-refractivity contribution in [2.24, 2.45) is 0 Å². The Labute approximate surface area is 135 Å². The molecule has 2 aromatic rings. The molecule has 110 valence electrons. The molecule has 2 heterocycles. The molecule has 0 aliphatic heterocycles. The Balaban J connectivity index is 2.36. The maximum absolute atomic E-state index is 12.6. The summed E-state index contributed by atoms with van der Waals surface area (Å²) in [5.74, 6) is 0.535. The van der Waals surface area contributed by atoms with Crippen molar-refractivity contribution in [2.75, 3.05) is 7.05 Å². The number of rotatable bonds is 5. The zero-order chi connectivity index (χ0) is 14.9. The zero-order valence-electron chi connectivity index (χ0n) is 10.8. The number of thiophene rings is 1. The Morgan fingerprint density at radius 1 is 1.55 bits per heavy atom. The molecule has 1 atom stereocenters. The van der Waals surface area contributed by atoms with Gasteiger partial charge in [0.2, 0.25) is 10.0 Å². The molecule has 0 N–H and O–H groups in total. The van der Waals surface area contributed by atoms with Crippen LogP contribution in [0.5, 0.6) is 0 Å². The van der Waals surface area contributed by atoms with E-state index in [-0.39, 0.29) is 21.5 Å². The molecule has 0 fully saturated rings. The highest BCUT2D eigenvalue weighted by Gasteiger charge is 2.30. The van der Waals surface area contributed by atoms with Crippen LogP contribution in [0, 0.1) is 0 Å². The lowest BCUT2D eigenvalue weighted by Crippen LogP contribution is -2.29. The van der Waals surface area contributed by atoms with Crippen molar-refractivity contribution >= 4 is 48.9 Å².